The monoisotopic (exact) mass is 327 g/mol. The Bertz CT molecular complexity index is 813. The highest BCUT2D eigenvalue weighted by atomic mass is 32.2. The minimum atomic E-state index is 0.462. The molecule has 0 unspecified atom stereocenters. The third-order valence-corrected chi connectivity index (χ3v) is 4.53. The molecule has 23 heavy (non-hydrogen) atoms. The summed E-state index contributed by atoms with van der Waals surface area (Å²) in [5.41, 5.74) is 4.03. The first-order valence-electron chi connectivity index (χ1n) is 7.87. The van der Waals surface area contributed by atoms with Crippen LogP contribution in [0.25, 0.3) is 22.6 Å². The van der Waals surface area contributed by atoms with E-state index in [1.54, 1.807) is 0 Å². The van der Waals surface area contributed by atoms with Crippen molar-refractivity contribution in [3.8, 4) is 11.4 Å². The van der Waals surface area contributed by atoms with Gasteiger partial charge in [-0.3, -0.25) is 4.57 Å². The number of rotatable bonds is 6. The maximum absolute atomic E-state index is 5.65. The van der Waals surface area contributed by atoms with Gasteiger partial charge >= 0.3 is 0 Å². The molecule has 5 heteroatoms. The van der Waals surface area contributed by atoms with E-state index in [1.165, 1.54) is 4.90 Å². The highest BCUT2D eigenvalue weighted by Crippen LogP contribution is 2.32. The molecule has 0 amide bonds. The number of hydrogen-bond acceptors (Lipinski definition) is 4. The molecular weight excluding hydrogens is 306 g/mol. The highest BCUT2D eigenvalue weighted by molar-refractivity contribution is 7.99. The van der Waals surface area contributed by atoms with Crippen molar-refractivity contribution in [3.05, 3.63) is 42.1 Å². The van der Waals surface area contributed by atoms with Crippen LogP contribution in [0.15, 0.2) is 41.4 Å². The van der Waals surface area contributed by atoms with Gasteiger partial charge in [-0.2, -0.15) is 0 Å². The van der Waals surface area contributed by atoms with Gasteiger partial charge in [0.25, 0.3) is 0 Å². The lowest BCUT2D eigenvalue weighted by molar-refractivity contribution is 0.0912. The summed E-state index contributed by atoms with van der Waals surface area (Å²) in [7, 11) is 0. The van der Waals surface area contributed by atoms with Crippen LogP contribution in [0.3, 0.4) is 0 Å². The summed E-state index contributed by atoms with van der Waals surface area (Å²) in [4.78, 5) is 10.7. The molecule has 2 aromatic heterocycles. The Morgan fingerprint density at radius 2 is 2.04 bits per heavy atom. The molecule has 120 valence electrons. The first-order valence-corrected chi connectivity index (χ1v) is 8.86. The summed E-state index contributed by atoms with van der Waals surface area (Å²) in [6.07, 6.45) is 1.88. The van der Waals surface area contributed by atoms with Crippen LogP contribution in [0.5, 0.6) is 0 Å². The largest absolute Gasteiger partial charge is 0.361 e. The highest BCUT2D eigenvalue weighted by Gasteiger charge is 2.16. The predicted octanol–water partition coefficient (Wildman–Crippen LogP) is 4.51. The summed E-state index contributed by atoms with van der Waals surface area (Å²) in [6, 6.07) is 10.5. The molecule has 0 fully saturated rings. The molecule has 0 aliphatic heterocycles. The van der Waals surface area contributed by atoms with Gasteiger partial charge in [0.15, 0.2) is 5.65 Å². The molecule has 2 heterocycles. The zero-order chi connectivity index (χ0) is 16.2. The number of ether oxygens (including phenoxy) is 1. The number of fused-ring (bicyclic) bond motifs is 1. The second-order valence-electron chi connectivity index (χ2n) is 5.27. The van der Waals surface area contributed by atoms with Gasteiger partial charge in [0.2, 0.25) is 0 Å². The number of benzene rings is 1. The smallest absolute Gasteiger partial charge is 0.162 e. The Morgan fingerprint density at radius 1 is 1.22 bits per heavy atom. The van der Waals surface area contributed by atoms with Crippen LogP contribution in [-0.2, 0) is 11.5 Å². The van der Waals surface area contributed by atoms with Crippen molar-refractivity contribution in [3.63, 3.8) is 0 Å². The van der Waals surface area contributed by atoms with Gasteiger partial charge in [0.05, 0.1) is 0 Å². The average molecular weight is 327 g/mol. The van der Waals surface area contributed by atoms with Crippen LogP contribution < -0.4 is 0 Å². The van der Waals surface area contributed by atoms with E-state index in [9.17, 15) is 0 Å². The summed E-state index contributed by atoms with van der Waals surface area (Å²) in [5, 5.41) is 0. The standard InChI is InChI=1S/C18H21N3OS/c1-4-22-12-21-17(14-8-6-7-9-16(14)23-5-2)20-15-10-13(3)11-19-18(15)21/h6-11H,4-5,12H2,1-3H3. The van der Waals surface area contributed by atoms with E-state index in [-0.39, 0.29) is 0 Å². The van der Waals surface area contributed by atoms with E-state index in [0.717, 1.165) is 33.9 Å². The van der Waals surface area contributed by atoms with Crippen LogP contribution in [0.1, 0.15) is 19.4 Å². The van der Waals surface area contributed by atoms with E-state index in [4.69, 9.17) is 9.72 Å². The predicted molar refractivity (Wildman–Crippen MR) is 95.7 cm³/mol. The fraction of sp³-hybridized carbons (Fsp3) is 0.333. The van der Waals surface area contributed by atoms with E-state index in [2.05, 4.69) is 46.8 Å². The lowest BCUT2D eigenvalue weighted by Crippen LogP contribution is -2.05. The Kier molecular flexibility index (Phi) is 4.98. The number of imidazole rings is 1. The van der Waals surface area contributed by atoms with E-state index >= 15 is 0 Å². The minimum absolute atomic E-state index is 0.462. The fourth-order valence-corrected chi connectivity index (χ4v) is 3.36. The SMILES string of the molecule is CCOCn1c(-c2ccccc2SCC)nc2cc(C)cnc21. The summed E-state index contributed by atoms with van der Waals surface area (Å²) >= 11 is 1.83. The maximum atomic E-state index is 5.65. The molecule has 0 aliphatic carbocycles. The van der Waals surface area contributed by atoms with Gasteiger partial charge in [0.1, 0.15) is 18.1 Å². The topological polar surface area (TPSA) is 39.9 Å². The van der Waals surface area contributed by atoms with E-state index in [1.807, 2.05) is 31.8 Å². The van der Waals surface area contributed by atoms with Crippen molar-refractivity contribution in [2.45, 2.75) is 32.4 Å². The molecule has 0 atom stereocenters. The van der Waals surface area contributed by atoms with Crippen molar-refractivity contribution in [1.82, 2.24) is 14.5 Å². The van der Waals surface area contributed by atoms with Crippen LogP contribution in [0.2, 0.25) is 0 Å². The number of pyridine rings is 1. The van der Waals surface area contributed by atoms with Crippen molar-refractivity contribution >= 4 is 22.9 Å². The molecule has 0 spiro atoms. The van der Waals surface area contributed by atoms with Crippen LogP contribution in [-0.4, -0.2) is 26.9 Å². The lowest BCUT2D eigenvalue weighted by Gasteiger charge is -2.11. The second kappa shape index (κ2) is 7.15. The summed E-state index contributed by atoms with van der Waals surface area (Å²) < 4.78 is 7.72. The lowest BCUT2D eigenvalue weighted by atomic mass is 10.2. The number of nitrogens with zero attached hydrogens (tertiary/aromatic N) is 3. The third-order valence-electron chi connectivity index (χ3n) is 3.57. The second-order valence-corrected chi connectivity index (χ2v) is 6.58. The molecule has 0 saturated heterocycles. The first-order chi connectivity index (χ1) is 11.2. The number of aromatic nitrogens is 3. The van der Waals surface area contributed by atoms with E-state index < -0.39 is 0 Å². The Hall–Kier alpha value is -1.85. The average Bonchev–Trinajstić information content (AvgIpc) is 2.91. The van der Waals surface area contributed by atoms with Gasteiger partial charge in [-0.1, -0.05) is 25.1 Å². The molecule has 1 aromatic carbocycles. The van der Waals surface area contributed by atoms with Gasteiger partial charge in [-0.05, 0) is 37.3 Å². The normalized spacial score (nSPS) is 11.3. The zero-order valence-corrected chi connectivity index (χ0v) is 14.6. The molecule has 3 rings (SSSR count). The number of hydrogen-bond donors (Lipinski definition) is 0. The molecule has 4 nitrogen and oxygen atoms in total. The van der Waals surface area contributed by atoms with Crippen LogP contribution >= 0.6 is 11.8 Å². The molecular formula is C18H21N3OS. The Labute approximate surface area is 140 Å². The molecule has 0 saturated carbocycles. The zero-order valence-electron chi connectivity index (χ0n) is 13.7. The van der Waals surface area contributed by atoms with Crippen molar-refractivity contribution in [2.75, 3.05) is 12.4 Å². The minimum Gasteiger partial charge on any atom is -0.361 e. The van der Waals surface area contributed by atoms with Crippen molar-refractivity contribution in [1.29, 1.82) is 0 Å². The molecule has 0 radical (unpaired) electrons. The van der Waals surface area contributed by atoms with Crippen molar-refractivity contribution in [2.24, 2.45) is 0 Å². The van der Waals surface area contributed by atoms with E-state index in [0.29, 0.717) is 13.3 Å². The third kappa shape index (κ3) is 3.26. The van der Waals surface area contributed by atoms with Crippen LogP contribution in [0, 0.1) is 6.92 Å². The summed E-state index contributed by atoms with van der Waals surface area (Å²) in [5.74, 6) is 1.95. The Morgan fingerprint density at radius 3 is 2.83 bits per heavy atom. The van der Waals surface area contributed by atoms with Gasteiger partial charge < -0.3 is 4.74 Å². The van der Waals surface area contributed by atoms with Gasteiger partial charge in [-0.25, -0.2) is 9.97 Å². The quantitative estimate of drug-likeness (QED) is 0.624. The molecule has 0 bridgehead atoms. The number of thioether (sulfide) groups is 1. The molecule has 3 aromatic rings. The molecule has 0 N–H and O–H groups in total. The van der Waals surface area contributed by atoms with Gasteiger partial charge in [-0.15, -0.1) is 11.8 Å². The summed E-state index contributed by atoms with van der Waals surface area (Å²) in [6.45, 7) is 7.32. The van der Waals surface area contributed by atoms with Gasteiger partial charge in [0, 0.05) is 23.3 Å². The number of aryl methyl sites for hydroxylation is 1. The Balaban J connectivity index is 2.19. The maximum Gasteiger partial charge on any atom is 0.162 e. The van der Waals surface area contributed by atoms with Crippen LogP contribution in [0.4, 0.5) is 0 Å². The fourth-order valence-electron chi connectivity index (χ4n) is 2.55. The molecule has 0 aliphatic rings. The first kappa shape index (κ1) is 16.0. The van der Waals surface area contributed by atoms with Crippen molar-refractivity contribution < 1.29 is 4.74 Å².